The molecule has 0 saturated heterocycles. The normalized spacial score (nSPS) is 16.1. The second kappa shape index (κ2) is 13.1. The lowest BCUT2D eigenvalue weighted by Gasteiger charge is -2.35. The number of carbonyl (C=O) groups is 1. The van der Waals surface area contributed by atoms with E-state index < -0.39 is 5.97 Å². The highest BCUT2D eigenvalue weighted by atomic mass is 35.5. The molecule has 0 heterocycles. The van der Waals surface area contributed by atoms with Gasteiger partial charge in [-0.25, -0.2) is 0 Å². The van der Waals surface area contributed by atoms with Gasteiger partial charge in [-0.15, -0.1) is 0 Å². The number of rotatable bonds is 12. The highest BCUT2D eigenvalue weighted by Gasteiger charge is 2.27. The first kappa shape index (κ1) is 27.2. The molecule has 0 radical (unpaired) electrons. The second-order valence-corrected chi connectivity index (χ2v) is 10.4. The van der Waals surface area contributed by atoms with Crippen LogP contribution in [0, 0.1) is 11.8 Å². The number of ether oxygens (including phenoxy) is 1. The number of halogens is 1. The number of anilines is 3. The number of carboxylic acid groups (broad SMARTS) is 1. The predicted octanol–water partition coefficient (Wildman–Crippen LogP) is 8.47. The van der Waals surface area contributed by atoms with E-state index in [1.165, 1.54) is 32.1 Å². The molecule has 2 aromatic rings. The van der Waals surface area contributed by atoms with Crippen LogP contribution in [0.2, 0.25) is 5.02 Å². The van der Waals surface area contributed by atoms with Crippen LogP contribution in [0.4, 0.5) is 17.1 Å². The van der Waals surface area contributed by atoms with E-state index in [1.54, 1.807) is 0 Å². The van der Waals surface area contributed by atoms with Crippen molar-refractivity contribution in [2.24, 2.45) is 11.8 Å². The summed E-state index contributed by atoms with van der Waals surface area (Å²) in [4.78, 5) is 11.5. The molecule has 2 atom stereocenters. The van der Waals surface area contributed by atoms with Crippen molar-refractivity contribution >= 4 is 34.6 Å². The summed E-state index contributed by atoms with van der Waals surface area (Å²) in [6, 6.07) is 12.4. The van der Waals surface area contributed by atoms with E-state index >= 15 is 0 Å². The van der Waals surface area contributed by atoms with Gasteiger partial charge >= 0.3 is 5.97 Å². The van der Waals surface area contributed by atoms with Crippen LogP contribution >= 0.6 is 11.6 Å². The SMILES string of the molecule is CCOc1cc(Nc2cc(C(CC)CC(=O)O)ccc2NC(C(C)C)C2CCCCC2)ccc1Cl. The number of benzene rings is 2. The minimum atomic E-state index is -0.773. The highest BCUT2D eigenvalue weighted by Crippen LogP contribution is 2.37. The summed E-state index contributed by atoms with van der Waals surface area (Å²) in [5.74, 6) is 0.993. The van der Waals surface area contributed by atoms with Crippen LogP contribution in [-0.4, -0.2) is 23.7 Å². The van der Waals surface area contributed by atoms with Crippen molar-refractivity contribution < 1.29 is 14.6 Å². The Bertz CT molecular complexity index is 972. The zero-order valence-electron chi connectivity index (χ0n) is 21.6. The van der Waals surface area contributed by atoms with Gasteiger partial charge in [0.1, 0.15) is 5.75 Å². The minimum Gasteiger partial charge on any atom is -0.492 e. The fraction of sp³-hybridized carbons (Fsp3) is 0.552. The molecule has 2 unspecified atom stereocenters. The number of hydrogen-bond donors (Lipinski definition) is 3. The topological polar surface area (TPSA) is 70.6 Å². The van der Waals surface area contributed by atoms with Crippen LogP contribution in [-0.2, 0) is 4.79 Å². The molecule has 1 saturated carbocycles. The van der Waals surface area contributed by atoms with Crippen molar-refractivity contribution in [3.05, 3.63) is 47.0 Å². The largest absolute Gasteiger partial charge is 0.492 e. The maximum Gasteiger partial charge on any atom is 0.303 e. The van der Waals surface area contributed by atoms with Crippen molar-refractivity contribution in [1.29, 1.82) is 0 Å². The van der Waals surface area contributed by atoms with Crippen LogP contribution in [0.25, 0.3) is 0 Å². The van der Waals surface area contributed by atoms with Gasteiger partial charge in [0.2, 0.25) is 0 Å². The molecule has 3 N–H and O–H groups in total. The Balaban J connectivity index is 1.97. The van der Waals surface area contributed by atoms with Gasteiger partial charge in [-0.05, 0) is 73.8 Å². The molecule has 1 aliphatic rings. The van der Waals surface area contributed by atoms with Crippen LogP contribution in [0.1, 0.15) is 84.1 Å². The first-order chi connectivity index (χ1) is 16.8. The summed E-state index contributed by atoms with van der Waals surface area (Å²) in [5.41, 5.74) is 3.89. The molecule has 0 amide bonds. The Labute approximate surface area is 215 Å². The van der Waals surface area contributed by atoms with E-state index in [0.717, 1.165) is 29.0 Å². The second-order valence-electron chi connectivity index (χ2n) is 10.0. The standard InChI is InChI=1S/C29H41ClN2O3/c1-5-20(17-28(33)34)22-12-15-25(32-29(19(3)4)21-10-8-7-9-11-21)26(16-22)31-23-13-14-24(30)27(18-23)35-6-2/h12-16,18-21,29,31-32H,5-11,17H2,1-4H3,(H,33,34). The van der Waals surface area contributed by atoms with Crippen LogP contribution in [0.15, 0.2) is 36.4 Å². The smallest absolute Gasteiger partial charge is 0.303 e. The van der Waals surface area contributed by atoms with Crippen molar-refractivity contribution in [3.8, 4) is 5.75 Å². The Morgan fingerprint density at radius 3 is 2.46 bits per heavy atom. The fourth-order valence-corrected chi connectivity index (χ4v) is 5.43. The fourth-order valence-electron chi connectivity index (χ4n) is 5.26. The lowest BCUT2D eigenvalue weighted by Crippen LogP contribution is -2.35. The highest BCUT2D eigenvalue weighted by molar-refractivity contribution is 6.32. The van der Waals surface area contributed by atoms with E-state index in [0.29, 0.717) is 35.3 Å². The number of carboxylic acids is 1. The number of aliphatic carboxylic acids is 1. The van der Waals surface area contributed by atoms with Gasteiger partial charge in [0.15, 0.2) is 0 Å². The molecule has 0 spiro atoms. The molecule has 0 aromatic heterocycles. The molecule has 192 valence electrons. The van der Waals surface area contributed by atoms with Gasteiger partial charge < -0.3 is 20.5 Å². The molecule has 6 heteroatoms. The minimum absolute atomic E-state index is 0.0365. The molecular weight excluding hydrogens is 460 g/mol. The van der Waals surface area contributed by atoms with Gasteiger partial charge in [-0.3, -0.25) is 4.79 Å². The predicted molar refractivity (Wildman–Crippen MR) is 146 cm³/mol. The summed E-state index contributed by atoms with van der Waals surface area (Å²) in [5, 5.41) is 17.4. The molecule has 0 bridgehead atoms. The third-order valence-corrected chi connectivity index (χ3v) is 7.45. The van der Waals surface area contributed by atoms with Crippen molar-refractivity contribution in [2.45, 2.75) is 84.6 Å². The van der Waals surface area contributed by atoms with Gasteiger partial charge in [0, 0.05) is 17.8 Å². The molecule has 35 heavy (non-hydrogen) atoms. The van der Waals surface area contributed by atoms with E-state index in [9.17, 15) is 9.90 Å². The van der Waals surface area contributed by atoms with Gasteiger partial charge in [0.25, 0.3) is 0 Å². The summed E-state index contributed by atoms with van der Waals surface area (Å²) in [7, 11) is 0. The maximum atomic E-state index is 11.5. The van der Waals surface area contributed by atoms with E-state index in [-0.39, 0.29) is 12.3 Å². The summed E-state index contributed by atoms with van der Waals surface area (Å²) in [6.45, 7) is 9.10. The van der Waals surface area contributed by atoms with E-state index in [1.807, 2.05) is 32.0 Å². The van der Waals surface area contributed by atoms with Gasteiger partial charge in [0.05, 0.1) is 29.4 Å². The van der Waals surface area contributed by atoms with Crippen LogP contribution in [0.5, 0.6) is 5.75 Å². The first-order valence-corrected chi connectivity index (χ1v) is 13.5. The Kier molecular flexibility index (Phi) is 10.1. The van der Waals surface area contributed by atoms with Gasteiger partial charge in [-0.2, -0.15) is 0 Å². The molecule has 5 nitrogen and oxygen atoms in total. The van der Waals surface area contributed by atoms with Crippen molar-refractivity contribution in [3.63, 3.8) is 0 Å². The molecule has 2 aromatic carbocycles. The number of nitrogens with one attached hydrogen (secondary N) is 2. The average molecular weight is 501 g/mol. The van der Waals surface area contributed by atoms with E-state index in [2.05, 4.69) is 42.7 Å². The molecular formula is C29H41ClN2O3. The third-order valence-electron chi connectivity index (χ3n) is 7.14. The Morgan fingerprint density at radius 1 is 1.09 bits per heavy atom. The molecule has 3 rings (SSSR count). The zero-order chi connectivity index (χ0) is 25.4. The Morgan fingerprint density at radius 2 is 1.83 bits per heavy atom. The van der Waals surface area contributed by atoms with Crippen molar-refractivity contribution in [2.75, 3.05) is 17.2 Å². The summed E-state index contributed by atoms with van der Waals surface area (Å²) >= 11 is 6.31. The Hall–Kier alpha value is -2.40. The molecule has 0 aliphatic heterocycles. The number of hydrogen-bond acceptors (Lipinski definition) is 4. The molecule has 1 aliphatic carbocycles. The third kappa shape index (κ3) is 7.54. The monoisotopic (exact) mass is 500 g/mol. The van der Waals surface area contributed by atoms with Gasteiger partial charge in [-0.1, -0.05) is 57.7 Å². The van der Waals surface area contributed by atoms with E-state index in [4.69, 9.17) is 16.3 Å². The lowest BCUT2D eigenvalue weighted by molar-refractivity contribution is -0.137. The van der Waals surface area contributed by atoms with Crippen LogP contribution < -0.4 is 15.4 Å². The summed E-state index contributed by atoms with van der Waals surface area (Å²) in [6.07, 6.45) is 7.36. The quantitative estimate of drug-likeness (QED) is 0.272. The first-order valence-electron chi connectivity index (χ1n) is 13.1. The lowest BCUT2D eigenvalue weighted by atomic mass is 9.79. The summed E-state index contributed by atoms with van der Waals surface area (Å²) < 4.78 is 5.69. The maximum absolute atomic E-state index is 11.5. The zero-order valence-corrected chi connectivity index (χ0v) is 22.3. The van der Waals surface area contributed by atoms with Crippen LogP contribution in [0.3, 0.4) is 0 Å². The van der Waals surface area contributed by atoms with Crippen molar-refractivity contribution in [1.82, 2.24) is 0 Å². The molecule has 1 fully saturated rings. The average Bonchev–Trinajstić information content (AvgIpc) is 2.84.